The summed E-state index contributed by atoms with van der Waals surface area (Å²) in [5.74, 6) is 0. The second-order valence-electron chi connectivity index (χ2n) is 4.77. The van der Waals surface area contributed by atoms with E-state index in [4.69, 9.17) is 5.73 Å². The van der Waals surface area contributed by atoms with E-state index < -0.39 is 10.2 Å². The molecule has 0 unspecified atom stereocenters. The molecular weight excluding hydrogens is 250 g/mol. The van der Waals surface area contributed by atoms with Gasteiger partial charge in [-0.15, -0.1) is 0 Å². The molecule has 0 aromatic heterocycles. The molecule has 0 amide bonds. The molecule has 0 bridgehead atoms. The third kappa shape index (κ3) is 3.97. The second-order valence-corrected chi connectivity index (χ2v) is 6.27. The monoisotopic (exact) mass is 271 g/mol. The quantitative estimate of drug-likeness (QED) is 0.726. The highest BCUT2D eigenvalue weighted by Crippen LogP contribution is 2.23. The van der Waals surface area contributed by atoms with Crippen molar-refractivity contribution in [2.45, 2.75) is 26.2 Å². The molecule has 0 saturated carbocycles. The molecule has 1 aromatic carbocycles. The summed E-state index contributed by atoms with van der Waals surface area (Å²) in [5.41, 5.74) is 7.20. The number of rotatable bonds is 6. The Bertz CT molecular complexity index is 481. The normalized spacial score (nSPS) is 12.4. The van der Waals surface area contributed by atoms with E-state index in [1.807, 2.05) is 26.0 Å². The number of hydrogen-bond donors (Lipinski definition) is 3. The van der Waals surface area contributed by atoms with Crippen LogP contribution in [-0.2, 0) is 15.6 Å². The first-order chi connectivity index (χ1) is 8.30. The lowest BCUT2D eigenvalue weighted by molar-refractivity contribution is 0.539. The summed E-state index contributed by atoms with van der Waals surface area (Å²) >= 11 is 0. The van der Waals surface area contributed by atoms with E-state index in [1.165, 1.54) is 0 Å². The van der Waals surface area contributed by atoms with Crippen molar-refractivity contribution in [1.82, 2.24) is 4.72 Å². The molecule has 4 N–H and O–H groups in total. The third-order valence-electron chi connectivity index (χ3n) is 2.76. The molecular formula is C12H21N3O2S. The Kier molecular flexibility index (Phi) is 4.72. The predicted molar refractivity (Wildman–Crippen MR) is 74.7 cm³/mol. The van der Waals surface area contributed by atoms with Crippen molar-refractivity contribution in [3.63, 3.8) is 0 Å². The standard InChI is InChI=1S/C12H21N3O2S/c1-4-14-18(16,17)15-11-7-5-10(6-8-11)12(2,3)9-13/h5-8,14-15H,4,9,13H2,1-3H3. The summed E-state index contributed by atoms with van der Waals surface area (Å²) in [7, 11) is -3.46. The maximum absolute atomic E-state index is 11.5. The molecule has 0 aliphatic rings. The van der Waals surface area contributed by atoms with Gasteiger partial charge in [-0.05, 0) is 17.7 Å². The Labute approximate surface area is 109 Å². The van der Waals surface area contributed by atoms with Crippen molar-refractivity contribution in [3.05, 3.63) is 29.8 Å². The van der Waals surface area contributed by atoms with Gasteiger partial charge in [-0.3, -0.25) is 4.72 Å². The Hall–Kier alpha value is -1.11. The minimum Gasteiger partial charge on any atom is -0.330 e. The van der Waals surface area contributed by atoms with Crippen LogP contribution in [0, 0.1) is 0 Å². The summed E-state index contributed by atoms with van der Waals surface area (Å²) in [6.07, 6.45) is 0. The molecule has 102 valence electrons. The van der Waals surface area contributed by atoms with Crippen molar-refractivity contribution in [2.75, 3.05) is 17.8 Å². The van der Waals surface area contributed by atoms with Crippen LogP contribution >= 0.6 is 0 Å². The minimum absolute atomic E-state index is 0.112. The molecule has 0 fully saturated rings. The lowest BCUT2D eigenvalue weighted by Gasteiger charge is -2.23. The molecule has 0 spiro atoms. The van der Waals surface area contributed by atoms with Gasteiger partial charge in [-0.2, -0.15) is 13.1 Å². The summed E-state index contributed by atoms with van der Waals surface area (Å²) in [6.45, 7) is 6.71. The number of benzene rings is 1. The van der Waals surface area contributed by atoms with Gasteiger partial charge in [0.25, 0.3) is 10.2 Å². The molecule has 1 aromatic rings. The van der Waals surface area contributed by atoms with Crippen LogP contribution < -0.4 is 15.2 Å². The van der Waals surface area contributed by atoms with Crippen LogP contribution in [0.2, 0.25) is 0 Å². The highest BCUT2D eigenvalue weighted by Gasteiger charge is 2.18. The van der Waals surface area contributed by atoms with E-state index in [9.17, 15) is 8.42 Å². The summed E-state index contributed by atoms with van der Waals surface area (Å²) in [5, 5.41) is 0. The fourth-order valence-corrected chi connectivity index (χ4v) is 2.39. The smallest absolute Gasteiger partial charge is 0.299 e. The van der Waals surface area contributed by atoms with E-state index in [2.05, 4.69) is 9.44 Å². The zero-order chi connectivity index (χ0) is 13.8. The Morgan fingerprint density at radius 1 is 1.22 bits per heavy atom. The molecule has 1 rings (SSSR count). The highest BCUT2D eigenvalue weighted by molar-refractivity contribution is 7.90. The van der Waals surface area contributed by atoms with E-state index in [-0.39, 0.29) is 5.41 Å². The van der Waals surface area contributed by atoms with Crippen LogP contribution in [0.4, 0.5) is 5.69 Å². The molecule has 18 heavy (non-hydrogen) atoms. The maximum atomic E-state index is 11.5. The van der Waals surface area contributed by atoms with E-state index in [0.29, 0.717) is 18.8 Å². The van der Waals surface area contributed by atoms with E-state index >= 15 is 0 Å². The number of nitrogens with two attached hydrogens (primary N) is 1. The topological polar surface area (TPSA) is 84.2 Å². The first kappa shape index (κ1) is 14.9. The summed E-state index contributed by atoms with van der Waals surface area (Å²) in [6, 6.07) is 7.25. The average molecular weight is 271 g/mol. The van der Waals surface area contributed by atoms with Crippen molar-refractivity contribution in [3.8, 4) is 0 Å². The van der Waals surface area contributed by atoms with Gasteiger partial charge in [0.05, 0.1) is 0 Å². The van der Waals surface area contributed by atoms with Crippen molar-refractivity contribution < 1.29 is 8.42 Å². The molecule has 0 aliphatic heterocycles. The van der Waals surface area contributed by atoms with Crippen LogP contribution in [0.15, 0.2) is 24.3 Å². The van der Waals surface area contributed by atoms with Gasteiger partial charge in [0.2, 0.25) is 0 Å². The maximum Gasteiger partial charge on any atom is 0.299 e. The SMILES string of the molecule is CCNS(=O)(=O)Nc1ccc(C(C)(C)CN)cc1. The molecule has 0 atom stereocenters. The summed E-state index contributed by atoms with van der Waals surface area (Å²) < 4.78 is 27.8. The van der Waals surface area contributed by atoms with Crippen molar-refractivity contribution >= 4 is 15.9 Å². The molecule has 0 saturated heterocycles. The Balaban J connectivity index is 2.85. The van der Waals surface area contributed by atoms with Gasteiger partial charge in [-0.1, -0.05) is 32.9 Å². The highest BCUT2D eigenvalue weighted by atomic mass is 32.2. The predicted octanol–water partition coefficient (Wildman–Crippen LogP) is 1.19. The molecule has 5 nitrogen and oxygen atoms in total. The first-order valence-electron chi connectivity index (χ1n) is 5.89. The molecule has 6 heteroatoms. The van der Waals surface area contributed by atoms with Gasteiger partial charge >= 0.3 is 0 Å². The Morgan fingerprint density at radius 2 is 1.78 bits per heavy atom. The lowest BCUT2D eigenvalue weighted by atomic mass is 9.85. The number of hydrogen-bond acceptors (Lipinski definition) is 3. The van der Waals surface area contributed by atoms with Gasteiger partial charge in [0, 0.05) is 24.2 Å². The van der Waals surface area contributed by atoms with Gasteiger partial charge in [0.1, 0.15) is 0 Å². The summed E-state index contributed by atoms with van der Waals surface area (Å²) in [4.78, 5) is 0. The van der Waals surface area contributed by atoms with Gasteiger partial charge in [0.15, 0.2) is 0 Å². The van der Waals surface area contributed by atoms with Crippen LogP contribution in [0.3, 0.4) is 0 Å². The van der Waals surface area contributed by atoms with Crippen LogP contribution in [0.1, 0.15) is 26.3 Å². The minimum atomic E-state index is -3.46. The van der Waals surface area contributed by atoms with Crippen LogP contribution in [-0.4, -0.2) is 21.5 Å². The molecule has 0 aliphatic carbocycles. The zero-order valence-electron chi connectivity index (χ0n) is 11.0. The lowest BCUT2D eigenvalue weighted by Crippen LogP contribution is -2.30. The number of anilines is 1. The Morgan fingerprint density at radius 3 is 2.22 bits per heavy atom. The molecule has 0 heterocycles. The van der Waals surface area contributed by atoms with Crippen LogP contribution in [0.25, 0.3) is 0 Å². The van der Waals surface area contributed by atoms with Crippen molar-refractivity contribution in [2.24, 2.45) is 5.73 Å². The second kappa shape index (κ2) is 5.69. The molecule has 0 radical (unpaired) electrons. The zero-order valence-corrected chi connectivity index (χ0v) is 11.8. The van der Waals surface area contributed by atoms with E-state index in [1.54, 1.807) is 19.1 Å². The fraction of sp³-hybridized carbons (Fsp3) is 0.500. The fourth-order valence-electron chi connectivity index (χ4n) is 1.49. The van der Waals surface area contributed by atoms with Crippen molar-refractivity contribution in [1.29, 1.82) is 0 Å². The third-order valence-corrected chi connectivity index (χ3v) is 3.94. The average Bonchev–Trinajstić information content (AvgIpc) is 2.29. The van der Waals surface area contributed by atoms with Gasteiger partial charge in [-0.25, -0.2) is 0 Å². The van der Waals surface area contributed by atoms with E-state index in [0.717, 1.165) is 5.56 Å². The largest absolute Gasteiger partial charge is 0.330 e. The first-order valence-corrected chi connectivity index (χ1v) is 7.37. The van der Waals surface area contributed by atoms with Gasteiger partial charge < -0.3 is 5.73 Å². The number of nitrogens with one attached hydrogen (secondary N) is 2. The van der Waals surface area contributed by atoms with Crippen LogP contribution in [0.5, 0.6) is 0 Å².